The van der Waals surface area contributed by atoms with Crippen molar-refractivity contribution in [2.75, 3.05) is 17.7 Å². The predicted octanol–water partition coefficient (Wildman–Crippen LogP) is 6.63. The van der Waals surface area contributed by atoms with Crippen LogP contribution in [-0.2, 0) is 16.0 Å². The second kappa shape index (κ2) is 13.9. The van der Waals surface area contributed by atoms with Gasteiger partial charge in [-0.05, 0) is 80.3 Å². The van der Waals surface area contributed by atoms with E-state index in [1.165, 1.54) is 20.1 Å². The first-order valence-electron chi connectivity index (χ1n) is 14.9. The number of carbonyl (C=O) groups is 3. The molecule has 3 aromatic carbocycles. The Bertz CT molecular complexity index is 1780. The van der Waals surface area contributed by atoms with Crippen LogP contribution in [0.4, 0.5) is 11.4 Å². The maximum atomic E-state index is 13.8. The number of hydrogen-bond donors (Lipinski definition) is 2. The van der Waals surface area contributed by atoms with Crippen molar-refractivity contribution in [2.24, 2.45) is 5.92 Å². The van der Waals surface area contributed by atoms with Gasteiger partial charge in [0.2, 0.25) is 17.7 Å². The van der Waals surface area contributed by atoms with Crippen LogP contribution in [0.2, 0.25) is 5.02 Å². The molecule has 1 atom stereocenters. The molecule has 0 aliphatic heterocycles. The van der Waals surface area contributed by atoms with Crippen LogP contribution in [0.15, 0.2) is 77.6 Å². The summed E-state index contributed by atoms with van der Waals surface area (Å²) in [5, 5.41) is 10.7. The lowest BCUT2D eigenvalue weighted by Gasteiger charge is -2.21. The Morgan fingerprint density at radius 3 is 2.22 bits per heavy atom. The van der Waals surface area contributed by atoms with Crippen molar-refractivity contribution in [1.82, 2.24) is 9.78 Å². The number of ether oxygens (including phenoxy) is 1. The molecule has 5 rings (SSSR count). The van der Waals surface area contributed by atoms with E-state index in [1.54, 1.807) is 42.5 Å². The monoisotopic (exact) mass is 626 g/mol. The molecule has 4 aromatic rings. The Labute approximate surface area is 266 Å². The SMILES string of the molecule is COc1nn(C(Cc2ccc(NC(=O)C3CCCC3)cc2)C(=O)Nc2ccc(C)cc2)c(=O)cc1-c1cc(Cl)ccc1C(C)=O. The van der Waals surface area contributed by atoms with Crippen LogP contribution in [0.1, 0.15) is 60.1 Å². The normalized spacial score (nSPS) is 13.7. The van der Waals surface area contributed by atoms with E-state index in [-0.39, 0.29) is 35.5 Å². The maximum absolute atomic E-state index is 13.8. The van der Waals surface area contributed by atoms with Gasteiger partial charge in [-0.25, -0.2) is 4.68 Å². The summed E-state index contributed by atoms with van der Waals surface area (Å²) in [6.45, 7) is 3.37. The summed E-state index contributed by atoms with van der Waals surface area (Å²) in [4.78, 5) is 52.5. The van der Waals surface area contributed by atoms with Crippen LogP contribution >= 0.6 is 11.6 Å². The summed E-state index contributed by atoms with van der Waals surface area (Å²) < 4.78 is 6.68. The van der Waals surface area contributed by atoms with Gasteiger partial charge in [0.05, 0.1) is 12.7 Å². The molecule has 45 heavy (non-hydrogen) atoms. The van der Waals surface area contributed by atoms with E-state index in [2.05, 4.69) is 15.7 Å². The summed E-state index contributed by atoms with van der Waals surface area (Å²) in [6, 6.07) is 19.5. The number of aromatic nitrogens is 2. The number of rotatable bonds is 10. The predicted molar refractivity (Wildman–Crippen MR) is 175 cm³/mol. The molecule has 0 saturated heterocycles. The third-order valence-electron chi connectivity index (χ3n) is 8.06. The fourth-order valence-corrected chi connectivity index (χ4v) is 5.77. The number of aryl methyl sites for hydroxylation is 1. The minimum Gasteiger partial charge on any atom is -0.480 e. The molecule has 0 radical (unpaired) electrons. The number of anilines is 2. The van der Waals surface area contributed by atoms with Crippen LogP contribution < -0.4 is 20.9 Å². The third kappa shape index (κ3) is 7.49. The molecular weight excluding hydrogens is 592 g/mol. The molecule has 1 aliphatic rings. The maximum Gasteiger partial charge on any atom is 0.268 e. The van der Waals surface area contributed by atoms with Crippen LogP contribution in [0, 0.1) is 12.8 Å². The lowest BCUT2D eigenvalue weighted by Crippen LogP contribution is -2.36. The molecule has 1 aliphatic carbocycles. The van der Waals surface area contributed by atoms with Crippen LogP contribution in [0.5, 0.6) is 5.88 Å². The molecule has 2 amide bonds. The van der Waals surface area contributed by atoms with Gasteiger partial charge in [-0.1, -0.05) is 54.3 Å². The van der Waals surface area contributed by atoms with Crippen molar-refractivity contribution in [1.29, 1.82) is 0 Å². The van der Waals surface area contributed by atoms with Gasteiger partial charge in [0, 0.05) is 40.4 Å². The number of benzene rings is 3. The summed E-state index contributed by atoms with van der Waals surface area (Å²) in [6.07, 6.45) is 4.07. The number of carbonyl (C=O) groups excluding carboxylic acids is 3. The van der Waals surface area contributed by atoms with Crippen LogP contribution in [0.3, 0.4) is 0 Å². The molecule has 1 aromatic heterocycles. The van der Waals surface area contributed by atoms with Crippen LogP contribution in [-0.4, -0.2) is 34.5 Å². The molecule has 9 nitrogen and oxygen atoms in total. The number of amides is 2. The zero-order chi connectivity index (χ0) is 32.1. The number of methoxy groups -OCH3 is 1. The third-order valence-corrected chi connectivity index (χ3v) is 8.30. The lowest BCUT2D eigenvalue weighted by atomic mass is 9.98. The largest absolute Gasteiger partial charge is 0.480 e. The molecule has 0 spiro atoms. The van der Waals surface area contributed by atoms with E-state index >= 15 is 0 Å². The molecule has 0 bridgehead atoms. The summed E-state index contributed by atoms with van der Waals surface area (Å²) in [5.41, 5.74) is 3.50. The molecule has 232 valence electrons. The van der Waals surface area contributed by atoms with Crippen molar-refractivity contribution in [3.05, 3.63) is 105 Å². The summed E-state index contributed by atoms with van der Waals surface area (Å²) in [7, 11) is 1.40. The number of Topliss-reactive ketones (excluding diaryl/α,β-unsaturated/α-hetero) is 1. The van der Waals surface area contributed by atoms with E-state index in [1.807, 2.05) is 31.2 Å². The number of halogens is 1. The number of nitrogens with zero attached hydrogens (tertiary/aromatic N) is 2. The summed E-state index contributed by atoms with van der Waals surface area (Å²) in [5.74, 6) is -0.558. The quantitative estimate of drug-likeness (QED) is 0.191. The van der Waals surface area contributed by atoms with Gasteiger partial charge >= 0.3 is 0 Å². The van der Waals surface area contributed by atoms with Crippen molar-refractivity contribution in [2.45, 2.75) is 52.0 Å². The topological polar surface area (TPSA) is 119 Å². The van der Waals surface area contributed by atoms with Crippen molar-refractivity contribution < 1.29 is 19.1 Å². The molecule has 2 N–H and O–H groups in total. The highest BCUT2D eigenvalue weighted by molar-refractivity contribution is 6.31. The van der Waals surface area contributed by atoms with Gasteiger partial charge < -0.3 is 15.4 Å². The number of hydrogen-bond acceptors (Lipinski definition) is 6. The van der Waals surface area contributed by atoms with E-state index in [4.69, 9.17) is 16.3 Å². The second-order valence-electron chi connectivity index (χ2n) is 11.3. The van der Waals surface area contributed by atoms with Crippen molar-refractivity contribution in [3.8, 4) is 17.0 Å². The highest BCUT2D eigenvalue weighted by atomic mass is 35.5. The Hall–Kier alpha value is -4.76. The van der Waals surface area contributed by atoms with E-state index in [0.29, 0.717) is 27.5 Å². The first kappa shape index (κ1) is 31.7. The number of nitrogens with one attached hydrogen (secondary N) is 2. The first-order valence-corrected chi connectivity index (χ1v) is 15.3. The van der Waals surface area contributed by atoms with E-state index < -0.39 is 17.5 Å². The lowest BCUT2D eigenvalue weighted by molar-refractivity contribution is -0.120. The molecular formula is C35H35ClN4O5. The van der Waals surface area contributed by atoms with Gasteiger partial charge in [-0.3, -0.25) is 19.2 Å². The fraction of sp³-hybridized carbons (Fsp3) is 0.286. The van der Waals surface area contributed by atoms with Gasteiger partial charge in [0.25, 0.3) is 5.56 Å². The Kier molecular flexibility index (Phi) is 9.78. The Morgan fingerprint density at radius 1 is 0.933 bits per heavy atom. The van der Waals surface area contributed by atoms with Gasteiger partial charge in [0.15, 0.2) is 5.78 Å². The van der Waals surface area contributed by atoms with Crippen molar-refractivity contribution in [3.63, 3.8) is 0 Å². The second-order valence-corrected chi connectivity index (χ2v) is 11.8. The first-order chi connectivity index (χ1) is 21.6. The highest BCUT2D eigenvalue weighted by Crippen LogP contribution is 2.33. The van der Waals surface area contributed by atoms with Crippen LogP contribution in [0.25, 0.3) is 11.1 Å². The van der Waals surface area contributed by atoms with E-state index in [0.717, 1.165) is 41.5 Å². The average Bonchev–Trinajstić information content (AvgIpc) is 3.57. The average molecular weight is 627 g/mol. The molecule has 1 unspecified atom stereocenters. The van der Waals surface area contributed by atoms with Gasteiger partial charge in [-0.15, -0.1) is 5.10 Å². The molecule has 1 fully saturated rings. The zero-order valence-corrected chi connectivity index (χ0v) is 26.2. The Balaban J connectivity index is 1.50. The Morgan fingerprint density at radius 2 is 1.58 bits per heavy atom. The minimum atomic E-state index is -1.06. The van der Waals surface area contributed by atoms with Crippen molar-refractivity contribution >= 4 is 40.6 Å². The van der Waals surface area contributed by atoms with Gasteiger partial charge in [0.1, 0.15) is 6.04 Å². The van der Waals surface area contributed by atoms with E-state index in [9.17, 15) is 19.2 Å². The molecule has 10 heteroatoms. The fourth-order valence-electron chi connectivity index (χ4n) is 5.60. The zero-order valence-electron chi connectivity index (χ0n) is 25.4. The minimum absolute atomic E-state index is 0.0196. The molecule has 1 heterocycles. The number of ketones is 1. The highest BCUT2D eigenvalue weighted by Gasteiger charge is 2.27. The molecule has 1 saturated carbocycles. The smallest absolute Gasteiger partial charge is 0.268 e. The standard InChI is InChI=1S/C35H35ClN4O5/c1-21-8-13-26(14-9-21)38-34(44)31(18-23-10-15-27(16-11-23)37-33(43)24-6-4-5-7-24)40-32(42)20-30(35(39-40)45-3)29-19-25(36)12-17-28(29)22(2)41/h8-17,19-20,24,31H,4-7,18H2,1-3H3,(H,37,43)(H,38,44). The summed E-state index contributed by atoms with van der Waals surface area (Å²) >= 11 is 6.25. The van der Waals surface area contributed by atoms with Gasteiger partial charge in [-0.2, -0.15) is 0 Å².